The van der Waals surface area contributed by atoms with Crippen molar-refractivity contribution in [2.45, 2.75) is 43.9 Å². The van der Waals surface area contributed by atoms with Crippen LogP contribution in [0.25, 0.3) is 5.69 Å². The molecule has 4 rings (SSSR count). The van der Waals surface area contributed by atoms with E-state index in [2.05, 4.69) is 22.1 Å². The maximum Gasteiger partial charge on any atom is 0.122 e. The fourth-order valence-electron chi connectivity index (χ4n) is 3.52. The molecular formula is C16H20N4O. The Hall–Kier alpha value is -1.72. The molecule has 0 spiro atoms. The molecule has 1 saturated heterocycles. The molecule has 1 N–H and O–H groups in total. The number of aromatic nitrogens is 3. The van der Waals surface area contributed by atoms with Crippen molar-refractivity contribution in [2.75, 3.05) is 6.54 Å². The molecule has 0 radical (unpaired) electrons. The Bertz CT molecular complexity index is 637. The number of hydrogen-bond acceptors (Lipinski definition) is 4. The van der Waals surface area contributed by atoms with Gasteiger partial charge in [0.2, 0.25) is 0 Å². The zero-order chi connectivity index (χ0) is 14.4. The first-order valence-electron chi connectivity index (χ1n) is 7.62. The second kappa shape index (κ2) is 4.64. The second-order valence-corrected chi connectivity index (χ2v) is 6.35. The van der Waals surface area contributed by atoms with Crippen LogP contribution in [0.4, 0.5) is 0 Å². The van der Waals surface area contributed by atoms with Crippen LogP contribution in [0.15, 0.2) is 36.5 Å². The predicted octanol–water partition coefficient (Wildman–Crippen LogP) is 1.71. The van der Waals surface area contributed by atoms with Crippen LogP contribution in [-0.4, -0.2) is 43.6 Å². The normalized spacial score (nSPS) is 29.9. The molecule has 1 aromatic heterocycles. The van der Waals surface area contributed by atoms with Crippen molar-refractivity contribution in [3.05, 3.63) is 42.2 Å². The summed E-state index contributed by atoms with van der Waals surface area (Å²) in [7, 11) is 0. The van der Waals surface area contributed by atoms with Crippen molar-refractivity contribution in [3.63, 3.8) is 0 Å². The highest BCUT2D eigenvalue weighted by Gasteiger charge is 2.48. The zero-order valence-electron chi connectivity index (χ0n) is 12.2. The molecule has 5 heteroatoms. The quantitative estimate of drug-likeness (QED) is 0.932. The minimum absolute atomic E-state index is 0.404. The van der Waals surface area contributed by atoms with E-state index in [0.29, 0.717) is 18.6 Å². The predicted molar refractivity (Wildman–Crippen MR) is 79.1 cm³/mol. The highest BCUT2D eigenvalue weighted by molar-refractivity contribution is 5.33. The third-order valence-corrected chi connectivity index (χ3v) is 4.69. The minimum atomic E-state index is -0.860. The molecule has 0 amide bonds. The average Bonchev–Trinajstić information content (AvgIpc) is 3.11. The van der Waals surface area contributed by atoms with Crippen LogP contribution in [0.3, 0.4) is 0 Å². The largest absolute Gasteiger partial charge is 0.382 e. The van der Waals surface area contributed by atoms with Crippen molar-refractivity contribution in [3.8, 4) is 5.69 Å². The lowest BCUT2D eigenvalue weighted by Gasteiger charge is -2.24. The first kappa shape index (κ1) is 13.0. The van der Waals surface area contributed by atoms with Crippen LogP contribution < -0.4 is 0 Å². The molecule has 110 valence electrons. The number of benzene rings is 1. The topological polar surface area (TPSA) is 54.2 Å². The molecule has 5 nitrogen and oxygen atoms in total. The summed E-state index contributed by atoms with van der Waals surface area (Å²) < 4.78 is 1.77. The summed E-state index contributed by atoms with van der Waals surface area (Å²) in [5, 5.41) is 19.4. The molecule has 2 unspecified atom stereocenters. The van der Waals surface area contributed by atoms with Gasteiger partial charge in [-0.2, -0.15) is 0 Å². The van der Waals surface area contributed by atoms with Crippen LogP contribution >= 0.6 is 0 Å². The summed E-state index contributed by atoms with van der Waals surface area (Å²) in [5.74, 6) is 0. The van der Waals surface area contributed by atoms with E-state index in [4.69, 9.17) is 0 Å². The van der Waals surface area contributed by atoms with Gasteiger partial charge in [-0.05, 0) is 38.3 Å². The van der Waals surface area contributed by atoms with Gasteiger partial charge >= 0.3 is 0 Å². The molecule has 1 aliphatic heterocycles. The summed E-state index contributed by atoms with van der Waals surface area (Å²) >= 11 is 0. The SMILES string of the molecule is CC1CC(O)(c2cnnn2-c2ccccc2)CN1C1CC1. The maximum atomic E-state index is 11.2. The Morgan fingerprint density at radius 2 is 2.00 bits per heavy atom. The van der Waals surface area contributed by atoms with Crippen molar-refractivity contribution in [1.29, 1.82) is 0 Å². The standard InChI is InChI=1S/C16H20N4O/c1-12-9-16(21,11-19(12)13-7-8-13)15-10-17-18-20(15)14-5-3-2-4-6-14/h2-6,10,12-13,21H,7-9,11H2,1H3. The van der Waals surface area contributed by atoms with E-state index < -0.39 is 5.60 Å². The second-order valence-electron chi connectivity index (χ2n) is 6.35. The molecule has 2 heterocycles. The molecule has 1 aromatic carbocycles. The Morgan fingerprint density at radius 3 is 2.71 bits per heavy atom. The number of nitrogens with zero attached hydrogens (tertiary/aromatic N) is 4. The molecule has 2 aromatic rings. The van der Waals surface area contributed by atoms with Gasteiger partial charge in [-0.25, -0.2) is 4.68 Å². The van der Waals surface area contributed by atoms with Crippen molar-refractivity contribution in [1.82, 2.24) is 19.9 Å². The monoisotopic (exact) mass is 284 g/mol. The Morgan fingerprint density at radius 1 is 1.24 bits per heavy atom. The fraction of sp³-hybridized carbons (Fsp3) is 0.500. The van der Waals surface area contributed by atoms with E-state index in [1.807, 2.05) is 30.3 Å². The summed E-state index contributed by atoms with van der Waals surface area (Å²) in [5.41, 5.74) is 0.876. The lowest BCUT2D eigenvalue weighted by atomic mass is 9.97. The van der Waals surface area contributed by atoms with Gasteiger partial charge in [0.15, 0.2) is 0 Å². The maximum absolute atomic E-state index is 11.2. The van der Waals surface area contributed by atoms with Gasteiger partial charge in [0.1, 0.15) is 5.60 Å². The van der Waals surface area contributed by atoms with Gasteiger partial charge in [-0.15, -0.1) is 5.10 Å². The van der Waals surface area contributed by atoms with Gasteiger partial charge in [0.25, 0.3) is 0 Å². The van der Waals surface area contributed by atoms with Crippen LogP contribution in [0.5, 0.6) is 0 Å². The molecule has 1 saturated carbocycles. The van der Waals surface area contributed by atoms with Gasteiger partial charge in [-0.1, -0.05) is 23.4 Å². The van der Waals surface area contributed by atoms with Gasteiger partial charge in [0, 0.05) is 18.6 Å². The summed E-state index contributed by atoms with van der Waals surface area (Å²) in [6.45, 7) is 2.88. The Kier molecular flexibility index (Phi) is 2.87. The molecule has 2 aliphatic rings. The highest BCUT2D eigenvalue weighted by Crippen LogP contribution is 2.41. The number of aliphatic hydroxyl groups is 1. The fourth-order valence-corrected chi connectivity index (χ4v) is 3.52. The Balaban J connectivity index is 1.69. The summed E-state index contributed by atoms with van der Waals surface area (Å²) in [6.07, 6.45) is 4.97. The number of rotatable bonds is 3. The number of para-hydroxylation sites is 1. The lowest BCUT2D eigenvalue weighted by molar-refractivity contribution is 0.0384. The summed E-state index contributed by atoms with van der Waals surface area (Å²) in [4.78, 5) is 2.43. The van der Waals surface area contributed by atoms with Crippen molar-refractivity contribution >= 4 is 0 Å². The smallest absolute Gasteiger partial charge is 0.122 e. The van der Waals surface area contributed by atoms with Crippen molar-refractivity contribution < 1.29 is 5.11 Å². The third kappa shape index (κ3) is 2.17. The average molecular weight is 284 g/mol. The van der Waals surface area contributed by atoms with E-state index in [1.165, 1.54) is 12.8 Å². The van der Waals surface area contributed by atoms with Gasteiger partial charge in [0.05, 0.1) is 17.6 Å². The van der Waals surface area contributed by atoms with Crippen LogP contribution in [0.2, 0.25) is 0 Å². The van der Waals surface area contributed by atoms with Gasteiger partial charge in [-0.3, -0.25) is 4.90 Å². The van der Waals surface area contributed by atoms with Crippen LogP contribution in [-0.2, 0) is 5.60 Å². The third-order valence-electron chi connectivity index (χ3n) is 4.69. The first-order valence-corrected chi connectivity index (χ1v) is 7.62. The van der Waals surface area contributed by atoms with Crippen LogP contribution in [0, 0.1) is 0 Å². The van der Waals surface area contributed by atoms with Crippen molar-refractivity contribution in [2.24, 2.45) is 0 Å². The van der Waals surface area contributed by atoms with E-state index >= 15 is 0 Å². The molecule has 2 fully saturated rings. The highest BCUT2D eigenvalue weighted by atomic mass is 16.3. The molecule has 21 heavy (non-hydrogen) atoms. The molecule has 2 atom stereocenters. The molecule has 1 aliphatic carbocycles. The first-order chi connectivity index (χ1) is 10.2. The van der Waals surface area contributed by atoms with E-state index in [1.54, 1.807) is 10.9 Å². The lowest BCUT2D eigenvalue weighted by Crippen LogP contribution is -2.34. The number of hydrogen-bond donors (Lipinski definition) is 1. The zero-order valence-corrected chi connectivity index (χ0v) is 12.2. The Labute approximate surface area is 124 Å². The van der Waals surface area contributed by atoms with E-state index in [9.17, 15) is 5.11 Å². The van der Waals surface area contributed by atoms with Gasteiger partial charge < -0.3 is 5.11 Å². The number of likely N-dealkylation sites (tertiary alicyclic amines) is 1. The molecule has 0 bridgehead atoms. The van der Waals surface area contributed by atoms with E-state index in [-0.39, 0.29) is 0 Å². The number of β-amino-alcohol motifs (C(OH)–C–C–N with tert-alkyl or cyclic N) is 1. The summed E-state index contributed by atoms with van der Waals surface area (Å²) in [6, 6.07) is 11.0. The molecular weight excluding hydrogens is 264 g/mol. The van der Waals surface area contributed by atoms with Crippen LogP contribution in [0.1, 0.15) is 31.9 Å². The minimum Gasteiger partial charge on any atom is -0.382 e. The van der Waals surface area contributed by atoms with E-state index in [0.717, 1.165) is 17.8 Å².